The Balaban J connectivity index is 0.00000210. The van der Waals surface area contributed by atoms with Gasteiger partial charge in [0.25, 0.3) is 5.91 Å². The van der Waals surface area contributed by atoms with Crippen molar-refractivity contribution >= 4 is 22.9 Å². The van der Waals surface area contributed by atoms with Crippen molar-refractivity contribution in [2.24, 2.45) is 0 Å². The molecule has 0 bridgehead atoms. The van der Waals surface area contributed by atoms with Gasteiger partial charge in [-0.05, 0) is 19.3 Å². The number of carbonyl (C=O) groups excluding carboxylic acids is 1. The number of anilines is 1. The van der Waals surface area contributed by atoms with Crippen LogP contribution in [0, 0.1) is 0 Å². The molecule has 2 aromatic rings. The Morgan fingerprint density at radius 3 is 2.85 bits per heavy atom. The zero-order chi connectivity index (χ0) is 19.2. The van der Waals surface area contributed by atoms with E-state index >= 15 is 0 Å². The Labute approximate surface area is 161 Å². The molecule has 2 N–H and O–H groups in total. The lowest BCUT2D eigenvalue weighted by Crippen LogP contribution is -2.30. The Hall–Kier alpha value is -2.48. The Morgan fingerprint density at radius 2 is 2.15 bits per heavy atom. The molecule has 8 nitrogen and oxygen atoms in total. The predicted molar refractivity (Wildman–Crippen MR) is 108 cm³/mol. The first-order valence-electron chi connectivity index (χ1n) is 9.64. The SMILES string of the molecule is CCCCNc1ncc2c(=O)c(C(=O)NOC)cn(C3CCCCC3)c2n1.[HH].[HH]. The highest BCUT2D eigenvalue weighted by Gasteiger charge is 2.22. The molecule has 27 heavy (non-hydrogen) atoms. The van der Waals surface area contributed by atoms with Gasteiger partial charge in [0.2, 0.25) is 11.4 Å². The van der Waals surface area contributed by atoms with Crippen LogP contribution in [-0.4, -0.2) is 34.1 Å². The van der Waals surface area contributed by atoms with Crippen molar-refractivity contribution in [1.82, 2.24) is 20.0 Å². The summed E-state index contributed by atoms with van der Waals surface area (Å²) in [5, 5.41) is 3.56. The summed E-state index contributed by atoms with van der Waals surface area (Å²) in [6.45, 7) is 2.90. The van der Waals surface area contributed by atoms with Gasteiger partial charge in [0.1, 0.15) is 11.2 Å². The summed E-state index contributed by atoms with van der Waals surface area (Å²) < 4.78 is 1.98. The first-order valence-corrected chi connectivity index (χ1v) is 9.64. The molecule has 1 fully saturated rings. The molecule has 0 aliphatic heterocycles. The molecule has 1 amide bonds. The first kappa shape index (κ1) is 19.3. The second-order valence-electron chi connectivity index (χ2n) is 6.92. The number of nitrogens with zero attached hydrogens (tertiary/aromatic N) is 3. The number of hydroxylamine groups is 1. The summed E-state index contributed by atoms with van der Waals surface area (Å²) in [7, 11) is 1.34. The van der Waals surface area contributed by atoms with Crippen molar-refractivity contribution < 1.29 is 12.5 Å². The van der Waals surface area contributed by atoms with Gasteiger partial charge in [-0.1, -0.05) is 32.6 Å². The van der Waals surface area contributed by atoms with E-state index in [0.717, 1.165) is 45.1 Å². The molecule has 2 aromatic heterocycles. The number of nitrogens with one attached hydrogen (secondary N) is 2. The van der Waals surface area contributed by atoms with E-state index < -0.39 is 5.91 Å². The molecule has 0 spiro atoms. The zero-order valence-electron chi connectivity index (χ0n) is 16.0. The summed E-state index contributed by atoms with van der Waals surface area (Å²) in [6, 6.07) is 0.217. The van der Waals surface area contributed by atoms with Gasteiger partial charge in [0.05, 0.1) is 12.5 Å². The van der Waals surface area contributed by atoms with Gasteiger partial charge in [-0.25, -0.2) is 10.5 Å². The fourth-order valence-electron chi connectivity index (χ4n) is 3.54. The lowest BCUT2D eigenvalue weighted by Gasteiger charge is -2.26. The standard InChI is InChI=1S/C19H27N5O3.2H2/c1-3-4-10-20-19-21-11-14-16(25)15(18(26)23-27-2)12-24(17(14)22-19)13-8-6-5-7-9-13;;/h11-13H,3-10H2,1-2H3,(H,23,26)(H,20,21,22);2*1H. The summed E-state index contributed by atoms with van der Waals surface area (Å²) in [5.41, 5.74) is 2.48. The molecular weight excluding hydrogens is 346 g/mol. The Kier molecular flexibility index (Phi) is 6.39. The average Bonchev–Trinajstić information content (AvgIpc) is 2.69. The molecule has 0 saturated heterocycles. The lowest BCUT2D eigenvalue weighted by molar-refractivity contribution is 0.0535. The van der Waals surface area contributed by atoms with Crippen LogP contribution in [0.2, 0.25) is 0 Å². The van der Waals surface area contributed by atoms with E-state index in [4.69, 9.17) is 4.84 Å². The predicted octanol–water partition coefficient (Wildman–Crippen LogP) is 3.29. The first-order chi connectivity index (χ1) is 13.2. The van der Waals surface area contributed by atoms with E-state index in [1.54, 1.807) is 6.20 Å². The third-order valence-corrected chi connectivity index (χ3v) is 4.99. The van der Waals surface area contributed by atoms with Crippen LogP contribution in [-0.2, 0) is 4.84 Å². The Morgan fingerprint density at radius 1 is 1.37 bits per heavy atom. The average molecular weight is 377 g/mol. The molecule has 0 radical (unpaired) electrons. The molecule has 1 saturated carbocycles. The maximum absolute atomic E-state index is 12.8. The fourth-order valence-corrected chi connectivity index (χ4v) is 3.54. The third-order valence-electron chi connectivity index (χ3n) is 4.99. The van der Waals surface area contributed by atoms with E-state index in [1.807, 2.05) is 4.57 Å². The smallest absolute Gasteiger partial charge is 0.280 e. The number of hydrogen-bond acceptors (Lipinski definition) is 6. The van der Waals surface area contributed by atoms with Gasteiger partial charge >= 0.3 is 0 Å². The highest BCUT2D eigenvalue weighted by atomic mass is 16.6. The maximum atomic E-state index is 12.8. The number of unbranched alkanes of at least 4 members (excludes halogenated alkanes) is 1. The molecular formula is C19H31N5O3. The molecule has 2 heterocycles. The number of fused-ring (bicyclic) bond motifs is 1. The van der Waals surface area contributed by atoms with Crippen molar-refractivity contribution in [3.05, 3.63) is 28.2 Å². The van der Waals surface area contributed by atoms with Crippen LogP contribution >= 0.6 is 0 Å². The largest absolute Gasteiger partial charge is 0.354 e. The molecule has 150 valence electrons. The fraction of sp³-hybridized carbons (Fsp3) is 0.579. The minimum atomic E-state index is -0.556. The van der Waals surface area contributed by atoms with Gasteiger partial charge in [-0.2, -0.15) is 4.98 Å². The molecule has 0 atom stereocenters. The number of hydrogen-bond donors (Lipinski definition) is 2. The normalized spacial score (nSPS) is 15.0. The monoisotopic (exact) mass is 377 g/mol. The van der Waals surface area contributed by atoms with Crippen molar-refractivity contribution in [3.63, 3.8) is 0 Å². The Bertz CT molecular complexity index is 869. The van der Waals surface area contributed by atoms with E-state index in [0.29, 0.717) is 17.0 Å². The van der Waals surface area contributed by atoms with Gasteiger partial charge in [-0.3, -0.25) is 14.4 Å². The molecule has 0 aromatic carbocycles. The lowest BCUT2D eigenvalue weighted by atomic mass is 9.95. The topological polar surface area (TPSA) is 98.1 Å². The molecule has 1 aliphatic rings. The van der Waals surface area contributed by atoms with Crippen LogP contribution in [0.1, 0.15) is 71.1 Å². The van der Waals surface area contributed by atoms with Gasteiger partial charge < -0.3 is 9.88 Å². The minimum absolute atomic E-state index is 0. The van der Waals surface area contributed by atoms with Crippen LogP contribution in [0.4, 0.5) is 5.95 Å². The number of carbonyl (C=O) groups is 1. The van der Waals surface area contributed by atoms with Crippen molar-refractivity contribution in [2.45, 2.75) is 57.9 Å². The van der Waals surface area contributed by atoms with Crippen molar-refractivity contribution in [2.75, 3.05) is 19.0 Å². The summed E-state index contributed by atoms with van der Waals surface area (Å²) in [6.07, 6.45) is 10.7. The second kappa shape index (κ2) is 8.94. The number of rotatable bonds is 7. The van der Waals surface area contributed by atoms with Gasteiger partial charge in [-0.15, -0.1) is 0 Å². The van der Waals surface area contributed by atoms with E-state index in [1.165, 1.54) is 19.7 Å². The zero-order valence-corrected chi connectivity index (χ0v) is 16.0. The van der Waals surface area contributed by atoms with Crippen molar-refractivity contribution in [3.8, 4) is 0 Å². The third kappa shape index (κ3) is 4.27. The van der Waals surface area contributed by atoms with E-state index in [2.05, 4.69) is 27.7 Å². The highest BCUT2D eigenvalue weighted by Crippen LogP contribution is 2.30. The van der Waals surface area contributed by atoms with Crippen LogP contribution in [0.5, 0.6) is 0 Å². The molecule has 8 heteroatoms. The number of aromatic nitrogens is 3. The van der Waals surface area contributed by atoms with Gasteiger partial charge in [0, 0.05) is 27.8 Å². The second-order valence-corrected chi connectivity index (χ2v) is 6.92. The number of amides is 1. The van der Waals surface area contributed by atoms with Crippen molar-refractivity contribution in [1.29, 1.82) is 0 Å². The quantitative estimate of drug-likeness (QED) is 0.567. The van der Waals surface area contributed by atoms with Gasteiger partial charge in [0.15, 0.2) is 0 Å². The maximum Gasteiger partial charge on any atom is 0.280 e. The summed E-state index contributed by atoms with van der Waals surface area (Å²) >= 11 is 0. The van der Waals surface area contributed by atoms with E-state index in [-0.39, 0.29) is 19.9 Å². The summed E-state index contributed by atoms with van der Waals surface area (Å²) in [5.74, 6) is -0.0480. The molecule has 1 aliphatic carbocycles. The molecule has 0 unspecified atom stereocenters. The van der Waals surface area contributed by atoms with Crippen LogP contribution in [0.3, 0.4) is 0 Å². The van der Waals surface area contributed by atoms with Crippen LogP contribution < -0.4 is 16.2 Å². The minimum Gasteiger partial charge on any atom is -0.354 e. The van der Waals surface area contributed by atoms with Crippen LogP contribution in [0.25, 0.3) is 11.0 Å². The molecule has 3 rings (SSSR count). The highest BCUT2D eigenvalue weighted by molar-refractivity contribution is 5.96. The van der Waals surface area contributed by atoms with Crippen LogP contribution in [0.15, 0.2) is 17.2 Å². The van der Waals surface area contributed by atoms with E-state index in [9.17, 15) is 9.59 Å². The number of pyridine rings is 1. The summed E-state index contributed by atoms with van der Waals surface area (Å²) in [4.78, 5) is 38.7.